The van der Waals surface area contributed by atoms with E-state index in [9.17, 15) is 4.79 Å². The van der Waals surface area contributed by atoms with Crippen LogP contribution in [0.25, 0.3) is 0 Å². The molecule has 106 valence electrons. The molecule has 4 heteroatoms. The first-order valence-electron chi connectivity index (χ1n) is 6.57. The SMILES string of the molecule is Cc1ccccc1C(N)CCNC(=O)OC(C)(C)C. The Kier molecular flexibility index (Phi) is 5.36. The molecule has 1 unspecified atom stereocenters. The molecule has 1 aromatic rings. The summed E-state index contributed by atoms with van der Waals surface area (Å²) >= 11 is 0. The second-order valence-electron chi connectivity index (χ2n) is 5.68. The molecular formula is C15H24N2O2. The second-order valence-corrected chi connectivity index (χ2v) is 5.68. The largest absolute Gasteiger partial charge is 0.444 e. The molecule has 0 spiro atoms. The Labute approximate surface area is 115 Å². The maximum atomic E-state index is 11.5. The summed E-state index contributed by atoms with van der Waals surface area (Å²) in [5, 5.41) is 2.72. The number of carbonyl (C=O) groups excluding carboxylic acids is 1. The molecule has 0 bridgehead atoms. The molecule has 3 N–H and O–H groups in total. The highest BCUT2D eigenvalue weighted by atomic mass is 16.6. The van der Waals surface area contributed by atoms with Crippen LogP contribution < -0.4 is 11.1 Å². The van der Waals surface area contributed by atoms with E-state index in [1.165, 1.54) is 5.56 Å². The van der Waals surface area contributed by atoms with Gasteiger partial charge in [-0.1, -0.05) is 24.3 Å². The summed E-state index contributed by atoms with van der Waals surface area (Å²) in [7, 11) is 0. The average molecular weight is 264 g/mol. The maximum absolute atomic E-state index is 11.5. The number of aryl methyl sites for hydroxylation is 1. The highest BCUT2D eigenvalue weighted by molar-refractivity contribution is 5.67. The fourth-order valence-corrected chi connectivity index (χ4v) is 1.80. The van der Waals surface area contributed by atoms with Crippen molar-refractivity contribution in [2.24, 2.45) is 5.73 Å². The standard InChI is InChI=1S/C15H24N2O2/c1-11-7-5-6-8-12(11)13(16)9-10-17-14(18)19-15(2,3)4/h5-8,13H,9-10,16H2,1-4H3,(H,17,18). The minimum atomic E-state index is -0.470. The molecule has 0 heterocycles. The summed E-state index contributed by atoms with van der Waals surface area (Å²) in [6, 6.07) is 7.95. The number of amides is 1. The fourth-order valence-electron chi connectivity index (χ4n) is 1.80. The van der Waals surface area contributed by atoms with Gasteiger partial charge in [0.1, 0.15) is 5.60 Å². The van der Waals surface area contributed by atoms with Crippen molar-refractivity contribution in [1.29, 1.82) is 0 Å². The molecular weight excluding hydrogens is 240 g/mol. The third-order valence-corrected chi connectivity index (χ3v) is 2.71. The Bertz CT molecular complexity index is 424. The van der Waals surface area contributed by atoms with Gasteiger partial charge < -0.3 is 15.8 Å². The topological polar surface area (TPSA) is 64.3 Å². The zero-order chi connectivity index (χ0) is 14.5. The van der Waals surface area contributed by atoms with E-state index in [4.69, 9.17) is 10.5 Å². The Hall–Kier alpha value is -1.55. The molecule has 0 aliphatic rings. The minimum absolute atomic E-state index is 0.0730. The first kappa shape index (κ1) is 15.5. The summed E-state index contributed by atoms with van der Waals surface area (Å²) in [6.07, 6.45) is 0.286. The lowest BCUT2D eigenvalue weighted by molar-refractivity contribution is 0.0526. The monoisotopic (exact) mass is 264 g/mol. The molecule has 19 heavy (non-hydrogen) atoms. The molecule has 1 aromatic carbocycles. The van der Waals surface area contributed by atoms with Gasteiger partial charge in [-0.3, -0.25) is 0 Å². The molecule has 1 atom stereocenters. The van der Waals surface area contributed by atoms with Crippen LogP contribution in [0.15, 0.2) is 24.3 Å². The molecule has 0 radical (unpaired) electrons. The van der Waals surface area contributed by atoms with Crippen LogP contribution in [-0.2, 0) is 4.74 Å². The van der Waals surface area contributed by atoms with Gasteiger partial charge in [0.15, 0.2) is 0 Å². The van der Waals surface area contributed by atoms with Crippen molar-refractivity contribution in [3.63, 3.8) is 0 Å². The van der Waals surface area contributed by atoms with E-state index in [1.54, 1.807) is 0 Å². The van der Waals surface area contributed by atoms with Crippen LogP contribution in [0.4, 0.5) is 4.79 Å². The molecule has 4 nitrogen and oxygen atoms in total. The molecule has 0 fully saturated rings. The summed E-state index contributed by atoms with van der Waals surface area (Å²) in [5.41, 5.74) is 7.94. The number of nitrogens with two attached hydrogens (primary N) is 1. The quantitative estimate of drug-likeness (QED) is 0.878. The van der Waals surface area contributed by atoms with Gasteiger partial charge in [-0.2, -0.15) is 0 Å². The lowest BCUT2D eigenvalue weighted by Crippen LogP contribution is -2.34. The smallest absolute Gasteiger partial charge is 0.407 e. The van der Waals surface area contributed by atoms with Crippen molar-refractivity contribution in [2.75, 3.05) is 6.54 Å². The predicted octanol–water partition coefficient (Wildman–Crippen LogP) is 2.91. The average Bonchev–Trinajstić information content (AvgIpc) is 2.26. The maximum Gasteiger partial charge on any atom is 0.407 e. The van der Waals surface area contributed by atoms with Crippen LogP contribution >= 0.6 is 0 Å². The lowest BCUT2D eigenvalue weighted by Gasteiger charge is -2.20. The zero-order valence-corrected chi connectivity index (χ0v) is 12.2. The lowest BCUT2D eigenvalue weighted by atomic mass is 10.00. The van der Waals surface area contributed by atoms with Gasteiger partial charge in [0, 0.05) is 12.6 Å². The van der Waals surface area contributed by atoms with Crippen LogP contribution in [-0.4, -0.2) is 18.2 Å². The Morgan fingerprint density at radius 3 is 2.58 bits per heavy atom. The number of hydrogen-bond donors (Lipinski definition) is 2. The van der Waals surface area contributed by atoms with Crippen LogP contribution in [0.3, 0.4) is 0 Å². The summed E-state index contributed by atoms with van der Waals surface area (Å²) in [4.78, 5) is 11.5. The van der Waals surface area contributed by atoms with Gasteiger partial charge in [-0.05, 0) is 45.2 Å². The van der Waals surface area contributed by atoms with Crippen molar-refractivity contribution in [2.45, 2.75) is 45.8 Å². The van der Waals surface area contributed by atoms with Crippen molar-refractivity contribution in [3.8, 4) is 0 Å². The summed E-state index contributed by atoms with van der Waals surface area (Å²) in [6.45, 7) is 8.06. The Balaban J connectivity index is 2.38. The van der Waals surface area contributed by atoms with E-state index in [-0.39, 0.29) is 6.04 Å². The number of hydrogen-bond acceptors (Lipinski definition) is 3. The fraction of sp³-hybridized carbons (Fsp3) is 0.533. The zero-order valence-electron chi connectivity index (χ0n) is 12.2. The normalized spacial score (nSPS) is 12.9. The molecule has 0 saturated heterocycles. The Morgan fingerprint density at radius 1 is 1.37 bits per heavy atom. The number of rotatable bonds is 4. The number of ether oxygens (including phenoxy) is 1. The molecule has 1 rings (SSSR count). The number of alkyl carbamates (subject to hydrolysis) is 1. The van der Waals surface area contributed by atoms with E-state index in [0.717, 1.165) is 5.56 Å². The molecule has 0 saturated carbocycles. The molecule has 0 aliphatic heterocycles. The van der Waals surface area contributed by atoms with Gasteiger partial charge >= 0.3 is 6.09 Å². The van der Waals surface area contributed by atoms with E-state index in [1.807, 2.05) is 52.0 Å². The van der Waals surface area contributed by atoms with Crippen LogP contribution in [0.2, 0.25) is 0 Å². The van der Waals surface area contributed by atoms with Crippen LogP contribution in [0, 0.1) is 6.92 Å². The van der Waals surface area contributed by atoms with Gasteiger partial charge in [0.05, 0.1) is 0 Å². The van der Waals surface area contributed by atoms with Crippen LogP contribution in [0.1, 0.15) is 44.4 Å². The van der Waals surface area contributed by atoms with E-state index < -0.39 is 11.7 Å². The Morgan fingerprint density at radius 2 is 2.00 bits per heavy atom. The van der Waals surface area contributed by atoms with Crippen molar-refractivity contribution < 1.29 is 9.53 Å². The van der Waals surface area contributed by atoms with Crippen molar-refractivity contribution in [1.82, 2.24) is 5.32 Å². The van der Waals surface area contributed by atoms with Gasteiger partial charge in [-0.15, -0.1) is 0 Å². The van der Waals surface area contributed by atoms with Crippen LogP contribution in [0.5, 0.6) is 0 Å². The molecule has 0 aromatic heterocycles. The van der Waals surface area contributed by atoms with Gasteiger partial charge in [0.2, 0.25) is 0 Å². The number of nitrogens with one attached hydrogen (secondary N) is 1. The van der Waals surface area contributed by atoms with E-state index in [0.29, 0.717) is 13.0 Å². The number of benzene rings is 1. The van der Waals surface area contributed by atoms with E-state index >= 15 is 0 Å². The highest BCUT2D eigenvalue weighted by Crippen LogP contribution is 2.17. The minimum Gasteiger partial charge on any atom is -0.444 e. The second kappa shape index (κ2) is 6.57. The van der Waals surface area contributed by atoms with E-state index in [2.05, 4.69) is 5.32 Å². The first-order valence-corrected chi connectivity index (χ1v) is 6.57. The molecule has 0 aliphatic carbocycles. The molecule has 1 amide bonds. The predicted molar refractivity (Wildman–Crippen MR) is 77.0 cm³/mol. The summed E-state index contributed by atoms with van der Waals surface area (Å²) < 4.78 is 5.16. The van der Waals surface area contributed by atoms with Gasteiger partial charge in [-0.25, -0.2) is 4.79 Å². The third kappa shape index (κ3) is 5.75. The number of carbonyl (C=O) groups is 1. The third-order valence-electron chi connectivity index (χ3n) is 2.71. The highest BCUT2D eigenvalue weighted by Gasteiger charge is 2.16. The first-order chi connectivity index (χ1) is 8.79. The van der Waals surface area contributed by atoms with Crippen molar-refractivity contribution >= 4 is 6.09 Å². The summed E-state index contributed by atoms with van der Waals surface area (Å²) in [5.74, 6) is 0. The van der Waals surface area contributed by atoms with Gasteiger partial charge in [0.25, 0.3) is 0 Å². The van der Waals surface area contributed by atoms with Crippen molar-refractivity contribution in [3.05, 3.63) is 35.4 Å².